The van der Waals surface area contributed by atoms with Gasteiger partial charge in [0.2, 0.25) is 0 Å². The van der Waals surface area contributed by atoms with Crippen LogP contribution in [-0.2, 0) is 4.79 Å². The molecule has 2 amide bonds. The van der Waals surface area contributed by atoms with E-state index in [1.807, 2.05) is 31.2 Å². The number of nitrogens with zero attached hydrogens (tertiary/aromatic N) is 1. The van der Waals surface area contributed by atoms with E-state index in [1.165, 1.54) is 12.0 Å². The lowest BCUT2D eigenvalue weighted by molar-refractivity contribution is -0.123. The van der Waals surface area contributed by atoms with Gasteiger partial charge in [0.1, 0.15) is 18.1 Å². The standard InChI is InChI=1S/C20H17BrClNO4S/c1-12-3-5-15(6-4-12)27-8-7-23-19(24)17(28-20(23)25)10-13-9-14(21)11-16(22)18(13)26-2/h3-6,9-11H,7-8H2,1-2H3/b17-10-. The maximum atomic E-state index is 12.7. The van der Waals surface area contributed by atoms with E-state index in [0.29, 0.717) is 27.0 Å². The highest BCUT2D eigenvalue weighted by molar-refractivity contribution is 9.10. The number of aryl methyl sites for hydroxylation is 1. The van der Waals surface area contributed by atoms with E-state index in [0.717, 1.165) is 21.8 Å². The van der Waals surface area contributed by atoms with E-state index in [4.69, 9.17) is 21.1 Å². The van der Waals surface area contributed by atoms with Gasteiger partial charge in [-0.3, -0.25) is 14.5 Å². The molecule has 28 heavy (non-hydrogen) atoms. The predicted octanol–water partition coefficient (Wildman–Crippen LogP) is 5.53. The molecule has 0 radical (unpaired) electrons. The third kappa shape index (κ3) is 4.71. The Morgan fingerprint density at radius 3 is 2.61 bits per heavy atom. The molecule has 146 valence electrons. The Kier molecular flexibility index (Phi) is 6.69. The molecule has 1 aliphatic rings. The molecule has 0 saturated carbocycles. The quantitative estimate of drug-likeness (QED) is 0.506. The van der Waals surface area contributed by atoms with Gasteiger partial charge in [0.15, 0.2) is 0 Å². The Bertz CT molecular complexity index is 946. The van der Waals surface area contributed by atoms with Crippen LogP contribution in [0.2, 0.25) is 5.02 Å². The third-order valence-corrected chi connectivity index (χ3v) is 5.65. The minimum absolute atomic E-state index is 0.173. The Morgan fingerprint density at radius 2 is 1.93 bits per heavy atom. The van der Waals surface area contributed by atoms with Crippen molar-refractivity contribution in [1.82, 2.24) is 4.90 Å². The van der Waals surface area contributed by atoms with Crippen molar-refractivity contribution in [1.29, 1.82) is 0 Å². The lowest BCUT2D eigenvalue weighted by Gasteiger charge is -2.13. The summed E-state index contributed by atoms with van der Waals surface area (Å²) in [6, 6.07) is 11.1. The summed E-state index contributed by atoms with van der Waals surface area (Å²) in [5, 5.41) is 0.0812. The van der Waals surface area contributed by atoms with Crippen molar-refractivity contribution in [2.45, 2.75) is 6.92 Å². The summed E-state index contributed by atoms with van der Waals surface area (Å²) in [5.74, 6) is 0.779. The minimum atomic E-state index is -0.361. The van der Waals surface area contributed by atoms with Crippen LogP contribution < -0.4 is 9.47 Å². The van der Waals surface area contributed by atoms with Crippen LogP contribution in [0.5, 0.6) is 11.5 Å². The van der Waals surface area contributed by atoms with E-state index >= 15 is 0 Å². The third-order valence-electron chi connectivity index (χ3n) is 4.01. The highest BCUT2D eigenvalue weighted by atomic mass is 79.9. The minimum Gasteiger partial charge on any atom is -0.495 e. The zero-order valence-corrected chi connectivity index (χ0v) is 18.4. The van der Waals surface area contributed by atoms with E-state index in [-0.39, 0.29) is 24.3 Å². The zero-order valence-electron chi connectivity index (χ0n) is 15.2. The molecular formula is C20H17BrClNO4S. The number of rotatable bonds is 6. The second-order valence-corrected chi connectivity index (χ2v) is 8.32. The fourth-order valence-corrected chi connectivity index (χ4v) is 4.39. The number of imide groups is 1. The number of carbonyl (C=O) groups is 2. The maximum Gasteiger partial charge on any atom is 0.293 e. The highest BCUT2D eigenvalue weighted by Gasteiger charge is 2.35. The van der Waals surface area contributed by atoms with Crippen molar-refractivity contribution >= 4 is 56.5 Å². The van der Waals surface area contributed by atoms with E-state index < -0.39 is 0 Å². The van der Waals surface area contributed by atoms with Crippen LogP contribution in [-0.4, -0.2) is 36.3 Å². The summed E-state index contributed by atoms with van der Waals surface area (Å²) in [6.45, 7) is 2.39. The van der Waals surface area contributed by atoms with Gasteiger partial charge in [-0.2, -0.15) is 0 Å². The van der Waals surface area contributed by atoms with Crippen molar-refractivity contribution in [3.05, 3.63) is 61.9 Å². The first-order valence-electron chi connectivity index (χ1n) is 8.37. The summed E-state index contributed by atoms with van der Waals surface area (Å²) in [6.07, 6.45) is 1.61. The molecule has 2 aromatic rings. The van der Waals surface area contributed by atoms with Gasteiger partial charge < -0.3 is 9.47 Å². The normalized spacial score (nSPS) is 15.4. The monoisotopic (exact) mass is 481 g/mol. The van der Waals surface area contributed by atoms with Gasteiger partial charge >= 0.3 is 0 Å². The largest absolute Gasteiger partial charge is 0.495 e. The number of hydrogen-bond acceptors (Lipinski definition) is 5. The number of benzene rings is 2. The molecule has 0 spiro atoms. The first-order chi connectivity index (χ1) is 13.4. The summed E-state index contributed by atoms with van der Waals surface area (Å²) >= 11 is 10.4. The average molecular weight is 483 g/mol. The summed E-state index contributed by atoms with van der Waals surface area (Å²) in [5.41, 5.74) is 1.75. The van der Waals surface area contributed by atoms with E-state index in [2.05, 4.69) is 15.9 Å². The van der Waals surface area contributed by atoms with Crippen LogP contribution >= 0.6 is 39.3 Å². The first-order valence-corrected chi connectivity index (χ1v) is 10.4. The average Bonchev–Trinajstić information content (AvgIpc) is 2.90. The zero-order chi connectivity index (χ0) is 20.3. The number of methoxy groups -OCH3 is 1. The SMILES string of the molecule is COc1c(Cl)cc(Br)cc1/C=C1\SC(=O)N(CCOc2ccc(C)cc2)C1=O. The van der Waals surface area contributed by atoms with Crippen LogP contribution in [0, 0.1) is 6.92 Å². The van der Waals surface area contributed by atoms with Crippen molar-refractivity contribution < 1.29 is 19.1 Å². The van der Waals surface area contributed by atoms with Gasteiger partial charge in [-0.05, 0) is 49.0 Å². The van der Waals surface area contributed by atoms with Gasteiger partial charge in [0.25, 0.3) is 11.1 Å². The molecule has 1 heterocycles. The molecule has 0 N–H and O–H groups in total. The van der Waals surface area contributed by atoms with Gasteiger partial charge in [0.05, 0.1) is 23.6 Å². The second kappa shape index (κ2) is 9.03. The summed E-state index contributed by atoms with van der Waals surface area (Å²) in [4.78, 5) is 26.4. The molecule has 0 unspecified atom stereocenters. The number of thioether (sulfide) groups is 1. The van der Waals surface area contributed by atoms with Crippen LogP contribution in [0.1, 0.15) is 11.1 Å². The summed E-state index contributed by atoms with van der Waals surface area (Å²) < 4.78 is 11.7. The van der Waals surface area contributed by atoms with Gasteiger partial charge in [-0.15, -0.1) is 0 Å². The van der Waals surface area contributed by atoms with Gasteiger partial charge in [-0.1, -0.05) is 45.2 Å². The molecule has 8 heteroatoms. The molecule has 0 aliphatic carbocycles. The Hall–Kier alpha value is -1.96. The molecule has 1 saturated heterocycles. The molecule has 0 atom stereocenters. The fourth-order valence-electron chi connectivity index (χ4n) is 2.63. The predicted molar refractivity (Wildman–Crippen MR) is 115 cm³/mol. The first kappa shape index (κ1) is 20.8. The van der Waals surface area contributed by atoms with Crippen molar-refractivity contribution in [3.63, 3.8) is 0 Å². The van der Waals surface area contributed by atoms with Crippen molar-refractivity contribution in [2.75, 3.05) is 20.3 Å². The fraction of sp³-hybridized carbons (Fsp3) is 0.200. The van der Waals surface area contributed by atoms with Crippen LogP contribution in [0.25, 0.3) is 6.08 Å². The molecular weight excluding hydrogens is 466 g/mol. The molecule has 1 aliphatic heterocycles. The topological polar surface area (TPSA) is 55.8 Å². The Balaban J connectivity index is 1.71. The van der Waals surface area contributed by atoms with Crippen LogP contribution in [0.15, 0.2) is 45.8 Å². The Morgan fingerprint density at radius 1 is 1.21 bits per heavy atom. The number of hydrogen-bond donors (Lipinski definition) is 0. The van der Waals surface area contributed by atoms with Crippen molar-refractivity contribution in [3.8, 4) is 11.5 Å². The number of carbonyl (C=O) groups excluding carboxylic acids is 2. The second-order valence-electron chi connectivity index (χ2n) is 6.00. The number of amides is 2. The van der Waals surface area contributed by atoms with Gasteiger partial charge in [0, 0.05) is 10.0 Å². The van der Waals surface area contributed by atoms with Crippen molar-refractivity contribution in [2.24, 2.45) is 0 Å². The van der Waals surface area contributed by atoms with E-state index in [1.54, 1.807) is 18.2 Å². The lowest BCUT2D eigenvalue weighted by atomic mass is 10.2. The Labute approximate surface area is 180 Å². The smallest absolute Gasteiger partial charge is 0.293 e. The number of halogens is 2. The molecule has 0 aromatic heterocycles. The molecule has 3 rings (SSSR count). The molecule has 5 nitrogen and oxygen atoms in total. The van der Waals surface area contributed by atoms with Gasteiger partial charge in [-0.25, -0.2) is 0 Å². The summed E-state index contributed by atoms with van der Waals surface area (Å²) in [7, 11) is 1.50. The number of ether oxygens (including phenoxy) is 2. The maximum absolute atomic E-state index is 12.7. The van der Waals surface area contributed by atoms with Crippen LogP contribution in [0.3, 0.4) is 0 Å². The molecule has 1 fully saturated rings. The van der Waals surface area contributed by atoms with E-state index in [9.17, 15) is 9.59 Å². The highest BCUT2D eigenvalue weighted by Crippen LogP contribution is 2.37. The van der Waals surface area contributed by atoms with Crippen LogP contribution in [0.4, 0.5) is 4.79 Å². The molecule has 2 aromatic carbocycles. The lowest BCUT2D eigenvalue weighted by Crippen LogP contribution is -2.32. The molecule has 0 bridgehead atoms.